The van der Waals surface area contributed by atoms with Crippen molar-refractivity contribution in [1.29, 1.82) is 0 Å². The Bertz CT molecular complexity index is 296. The third-order valence-electron chi connectivity index (χ3n) is 2.54. The van der Waals surface area contributed by atoms with Gasteiger partial charge in [0.15, 0.2) is 0 Å². The highest BCUT2D eigenvalue weighted by Gasteiger charge is 2.27. The molecule has 13 heavy (non-hydrogen) atoms. The maximum Gasteiger partial charge on any atom is 0.0863 e. The van der Waals surface area contributed by atoms with E-state index in [4.69, 9.17) is 0 Å². The van der Waals surface area contributed by atoms with Crippen molar-refractivity contribution >= 4 is 0 Å². The smallest absolute Gasteiger partial charge is 0.0863 e. The number of benzene rings is 1. The highest BCUT2D eigenvalue weighted by atomic mass is 15.7. The maximum absolute atomic E-state index is 3.25. The van der Waals surface area contributed by atoms with E-state index in [1.807, 2.05) is 0 Å². The van der Waals surface area contributed by atoms with Crippen LogP contribution in [0.15, 0.2) is 24.3 Å². The van der Waals surface area contributed by atoms with E-state index in [0.29, 0.717) is 6.17 Å². The van der Waals surface area contributed by atoms with E-state index in [1.165, 1.54) is 24.0 Å². The number of hydrogen-bond donors (Lipinski definition) is 1. The number of nitrogens with one attached hydrogen (secondary N) is 1. The van der Waals surface area contributed by atoms with Crippen LogP contribution in [-0.4, -0.2) is 18.2 Å². The molecule has 2 atom stereocenters. The lowest BCUT2D eigenvalue weighted by Crippen LogP contribution is -1.97. The molecule has 0 amide bonds. The van der Waals surface area contributed by atoms with Crippen molar-refractivity contribution in [2.45, 2.75) is 25.9 Å². The van der Waals surface area contributed by atoms with Gasteiger partial charge in [0.1, 0.15) is 0 Å². The minimum Gasteiger partial charge on any atom is -0.235 e. The zero-order chi connectivity index (χ0) is 9.26. The molecule has 0 aliphatic carbocycles. The molecule has 2 rings (SSSR count). The molecule has 1 heterocycles. The maximum atomic E-state index is 3.25. The van der Waals surface area contributed by atoms with Gasteiger partial charge in [0, 0.05) is 7.05 Å². The first-order valence-corrected chi connectivity index (χ1v) is 4.80. The zero-order valence-corrected chi connectivity index (χ0v) is 8.25. The van der Waals surface area contributed by atoms with Crippen molar-refractivity contribution in [2.24, 2.45) is 0 Å². The average Bonchev–Trinajstić information content (AvgIpc) is 2.79. The Morgan fingerprint density at radius 2 is 2.23 bits per heavy atom. The molecule has 1 aromatic rings. The first-order valence-electron chi connectivity index (χ1n) is 4.80. The van der Waals surface area contributed by atoms with Crippen molar-refractivity contribution in [3.05, 3.63) is 35.4 Å². The van der Waals surface area contributed by atoms with Crippen LogP contribution in [0.4, 0.5) is 0 Å². The van der Waals surface area contributed by atoms with Crippen LogP contribution in [0.2, 0.25) is 0 Å². The van der Waals surface area contributed by atoms with Gasteiger partial charge < -0.3 is 0 Å². The van der Waals surface area contributed by atoms with Crippen LogP contribution >= 0.6 is 0 Å². The summed E-state index contributed by atoms with van der Waals surface area (Å²) >= 11 is 0. The first kappa shape index (κ1) is 8.73. The van der Waals surface area contributed by atoms with E-state index < -0.39 is 0 Å². The topological polar surface area (TPSA) is 25.0 Å². The fraction of sp³-hybridized carbons (Fsp3) is 0.455. The van der Waals surface area contributed by atoms with Gasteiger partial charge in [0.2, 0.25) is 0 Å². The van der Waals surface area contributed by atoms with Gasteiger partial charge >= 0.3 is 0 Å². The van der Waals surface area contributed by atoms with Crippen molar-refractivity contribution < 1.29 is 0 Å². The fourth-order valence-corrected chi connectivity index (χ4v) is 1.63. The first-order chi connectivity index (χ1) is 6.25. The molecular weight excluding hydrogens is 160 g/mol. The predicted molar refractivity (Wildman–Crippen MR) is 54.2 cm³/mol. The molecule has 1 fully saturated rings. The van der Waals surface area contributed by atoms with Gasteiger partial charge in [0.05, 0.1) is 6.17 Å². The van der Waals surface area contributed by atoms with Gasteiger partial charge in [0.25, 0.3) is 0 Å². The van der Waals surface area contributed by atoms with E-state index >= 15 is 0 Å². The second kappa shape index (κ2) is 3.48. The highest BCUT2D eigenvalue weighted by molar-refractivity contribution is 5.22. The Balaban J connectivity index is 1.87. The summed E-state index contributed by atoms with van der Waals surface area (Å²) in [5, 5.41) is 2.15. The van der Waals surface area contributed by atoms with Crippen LogP contribution in [0.3, 0.4) is 0 Å². The number of rotatable bonds is 3. The number of hydrogen-bond acceptors (Lipinski definition) is 2. The largest absolute Gasteiger partial charge is 0.235 e. The molecule has 2 unspecified atom stereocenters. The van der Waals surface area contributed by atoms with Crippen LogP contribution in [0.5, 0.6) is 0 Å². The zero-order valence-electron chi connectivity index (χ0n) is 8.25. The molecule has 70 valence electrons. The van der Waals surface area contributed by atoms with Crippen molar-refractivity contribution in [3.8, 4) is 0 Å². The molecule has 2 nitrogen and oxygen atoms in total. The Morgan fingerprint density at radius 1 is 1.46 bits per heavy atom. The summed E-state index contributed by atoms with van der Waals surface area (Å²) in [6.45, 7) is 2.14. The van der Waals surface area contributed by atoms with E-state index in [1.54, 1.807) is 0 Å². The Hall–Kier alpha value is -0.860. The minimum absolute atomic E-state index is 0.612. The summed E-state index contributed by atoms with van der Waals surface area (Å²) in [7, 11) is 2.08. The van der Waals surface area contributed by atoms with Crippen molar-refractivity contribution in [3.63, 3.8) is 0 Å². The Morgan fingerprint density at radius 3 is 2.85 bits per heavy atom. The van der Waals surface area contributed by atoms with Gasteiger partial charge in [-0.1, -0.05) is 29.8 Å². The lowest BCUT2D eigenvalue weighted by molar-refractivity contribution is 0.569. The number of hydrazine groups is 1. The minimum atomic E-state index is 0.612. The monoisotopic (exact) mass is 176 g/mol. The van der Waals surface area contributed by atoms with Crippen LogP contribution in [-0.2, 0) is 6.42 Å². The normalized spacial score (nSPS) is 26.0. The predicted octanol–water partition coefficient (Wildman–Crippen LogP) is 1.70. The van der Waals surface area contributed by atoms with Gasteiger partial charge in [-0.05, 0) is 25.3 Å². The van der Waals surface area contributed by atoms with E-state index in [2.05, 4.69) is 48.7 Å². The second-order valence-corrected chi connectivity index (χ2v) is 3.78. The average molecular weight is 176 g/mol. The van der Waals surface area contributed by atoms with Crippen molar-refractivity contribution in [2.75, 3.05) is 7.05 Å². The summed E-state index contributed by atoms with van der Waals surface area (Å²) in [4.78, 5) is 0. The van der Waals surface area contributed by atoms with Crippen LogP contribution in [0.25, 0.3) is 0 Å². The van der Waals surface area contributed by atoms with Crippen molar-refractivity contribution in [1.82, 2.24) is 10.4 Å². The summed E-state index contributed by atoms with van der Waals surface area (Å²) in [6.07, 6.45) is 2.99. The number of aryl methyl sites for hydroxylation is 2. The molecular formula is C11H16N2. The molecule has 1 aliphatic rings. The summed E-state index contributed by atoms with van der Waals surface area (Å²) < 4.78 is 0. The lowest BCUT2D eigenvalue weighted by atomic mass is 10.1. The highest BCUT2D eigenvalue weighted by Crippen LogP contribution is 2.14. The summed E-state index contributed by atoms with van der Waals surface area (Å²) in [6, 6.07) is 8.75. The van der Waals surface area contributed by atoms with Gasteiger partial charge in [-0.2, -0.15) is 0 Å². The molecule has 2 heteroatoms. The molecule has 1 saturated heterocycles. The third kappa shape index (κ3) is 2.29. The van der Waals surface area contributed by atoms with Crippen LogP contribution in [0, 0.1) is 6.92 Å². The molecule has 0 radical (unpaired) electrons. The molecule has 0 bridgehead atoms. The summed E-state index contributed by atoms with van der Waals surface area (Å²) in [5.74, 6) is 0. The fourth-order valence-electron chi connectivity index (χ4n) is 1.63. The van der Waals surface area contributed by atoms with Crippen LogP contribution < -0.4 is 5.43 Å². The molecule has 0 saturated carbocycles. The van der Waals surface area contributed by atoms with Gasteiger partial charge in [-0.15, -0.1) is 0 Å². The Labute approximate surface area is 79.5 Å². The van der Waals surface area contributed by atoms with Crippen LogP contribution in [0.1, 0.15) is 17.5 Å². The third-order valence-corrected chi connectivity index (χ3v) is 2.54. The van der Waals surface area contributed by atoms with E-state index in [0.717, 1.165) is 0 Å². The lowest BCUT2D eigenvalue weighted by Gasteiger charge is -2.00. The second-order valence-electron chi connectivity index (χ2n) is 3.78. The quantitative estimate of drug-likeness (QED) is 0.709. The molecule has 0 spiro atoms. The summed E-state index contributed by atoms with van der Waals surface area (Å²) in [5.41, 5.74) is 6.05. The Kier molecular flexibility index (Phi) is 2.34. The molecule has 0 aromatic heterocycles. The standard InChI is InChI=1S/C11H16N2/c1-9-4-3-5-10(8-9)6-7-11-12-13(11)2/h3-5,8,11-12H,6-7H2,1-2H3. The molecule has 1 aliphatic heterocycles. The van der Waals surface area contributed by atoms with Gasteiger partial charge in [-0.25, -0.2) is 10.4 Å². The SMILES string of the molecule is Cc1cccc(CCC2NN2C)c1. The van der Waals surface area contributed by atoms with E-state index in [-0.39, 0.29) is 0 Å². The molecule has 1 N–H and O–H groups in total. The van der Waals surface area contributed by atoms with Gasteiger partial charge in [-0.3, -0.25) is 0 Å². The van der Waals surface area contributed by atoms with E-state index in [9.17, 15) is 0 Å². The number of nitrogens with zero attached hydrogens (tertiary/aromatic N) is 1. The molecule has 1 aromatic carbocycles.